The molecular weight excluding hydrogens is 138 g/mol. The van der Waals surface area contributed by atoms with Crippen LogP contribution < -0.4 is 0 Å². The Morgan fingerprint density at radius 2 is 2.00 bits per heavy atom. The van der Waals surface area contributed by atoms with Crippen molar-refractivity contribution in [2.45, 2.75) is 6.29 Å². The van der Waals surface area contributed by atoms with Gasteiger partial charge >= 0.3 is 0 Å². The highest BCUT2D eigenvalue weighted by atomic mass is 15.5. The summed E-state index contributed by atoms with van der Waals surface area (Å²) in [5.41, 5.74) is 0. The predicted molar refractivity (Wildman–Crippen MR) is 47.0 cm³/mol. The molecule has 64 valence electrons. The average molecular weight is 155 g/mol. The van der Waals surface area contributed by atoms with Gasteiger partial charge in [0, 0.05) is 13.6 Å². The van der Waals surface area contributed by atoms with Crippen LogP contribution in [0.4, 0.5) is 0 Å². The number of likely N-dealkylation sites (N-methyl/N-ethyl adjacent to an activating group) is 1. The molecule has 0 aromatic carbocycles. The summed E-state index contributed by atoms with van der Waals surface area (Å²) in [5, 5.41) is 0. The minimum atomic E-state index is 0.403. The van der Waals surface area contributed by atoms with Crippen molar-refractivity contribution in [2.75, 3.05) is 34.7 Å². The average Bonchev–Trinajstić information content (AvgIpc) is 1.85. The lowest BCUT2D eigenvalue weighted by molar-refractivity contribution is 0.00308. The lowest BCUT2D eigenvalue weighted by Crippen LogP contribution is -2.53. The fourth-order valence-electron chi connectivity index (χ4n) is 1.62. The minimum absolute atomic E-state index is 0.403. The Labute approximate surface area is 68.9 Å². The Balaban J connectivity index is 2.67. The summed E-state index contributed by atoms with van der Waals surface area (Å²) in [6.45, 7) is 1.03. The molecule has 3 heteroatoms. The molecule has 1 atom stereocenters. The van der Waals surface area contributed by atoms with E-state index in [0.717, 1.165) is 6.54 Å². The third-order valence-electron chi connectivity index (χ3n) is 1.95. The van der Waals surface area contributed by atoms with Gasteiger partial charge in [0.05, 0.1) is 0 Å². The van der Waals surface area contributed by atoms with Crippen LogP contribution >= 0.6 is 0 Å². The van der Waals surface area contributed by atoms with Crippen LogP contribution in [0.25, 0.3) is 0 Å². The van der Waals surface area contributed by atoms with Gasteiger partial charge in [0.1, 0.15) is 6.29 Å². The topological polar surface area (TPSA) is 9.72 Å². The molecule has 1 aliphatic rings. The molecule has 1 aliphatic heterocycles. The van der Waals surface area contributed by atoms with E-state index in [9.17, 15) is 0 Å². The number of hydrogen-bond donors (Lipinski definition) is 0. The number of hydrogen-bond acceptors (Lipinski definition) is 3. The number of nitrogens with zero attached hydrogens (tertiary/aromatic N) is 3. The molecule has 0 aromatic rings. The van der Waals surface area contributed by atoms with E-state index in [0.29, 0.717) is 6.29 Å². The summed E-state index contributed by atoms with van der Waals surface area (Å²) < 4.78 is 0. The van der Waals surface area contributed by atoms with Crippen molar-refractivity contribution in [1.29, 1.82) is 0 Å². The maximum atomic E-state index is 2.29. The lowest BCUT2D eigenvalue weighted by Gasteiger charge is -2.41. The molecule has 0 saturated heterocycles. The normalized spacial score (nSPS) is 26.6. The summed E-state index contributed by atoms with van der Waals surface area (Å²) in [7, 11) is 8.41. The second-order valence-corrected chi connectivity index (χ2v) is 3.30. The molecule has 11 heavy (non-hydrogen) atoms. The summed E-state index contributed by atoms with van der Waals surface area (Å²) in [5.74, 6) is 0. The fourth-order valence-corrected chi connectivity index (χ4v) is 1.62. The van der Waals surface area contributed by atoms with E-state index in [-0.39, 0.29) is 0 Å². The van der Waals surface area contributed by atoms with Crippen molar-refractivity contribution in [3.63, 3.8) is 0 Å². The molecule has 0 saturated carbocycles. The highest BCUT2D eigenvalue weighted by Crippen LogP contribution is 2.09. The lowest BCUT2D eigenvalue weighted by atomic mass is 10.4. The van der Waals surface area contributed by atoms with Gasteiger partial charge in [-0.1, -0.05) is 6.08 Å². The van der Waals surface area contributed by atoms with E-state index in [2.05, 4.69) is 55.2 Å². The van der Waals surface area contributed by atoms with E-state index in [1.165, 1.54) is 0 Å². The van der Waals surface area contributed by atoms with Crippen LogP contribution in [-0.2, 0) is 0 Å². The van der Waals surface area contributed by atoms with Crippen LogP contribution in [0.3, 0.4) is 0 Å². The summed E-state index contributed by atoms with van der Waals surface area (Å²) >= 11 is 0. The molecule has 0 aliphatic carbocycles. The zero-order valence-electron chi connectivity index (χ0n) is 7.78. The molecule has 0 bridgehead atoms. The first kappa shape index (κ1) is 8.56. The molecule has 0 N–H and O–H groups in total. The molecular formula is C8H17N3. The van der Waals surface area contributed by atoms with Gasteiger partial charge in [-0.3, -0.25) is 9.80 Å². The SMILES string of the molecule is CN(C)C1N(C)C=CCN1C. The Bertz CT molecular complexity index is 153. The standard InChI is InChI=1S/C8H17N3/c1-9(2)8-10(3)6-5-7-11(8)4/h5-6,8H,7H2,1-4H3. The molecule has 0 fully saturated rings. The second-order valence-electron chi connectivity index (χ2n) is 3.30. The summed E-state index contributed by atoms with van der Waals surface area (Å²) in [4.78, 5) is 6.69. The molecule has 0 radical (unpaired) electrons. The van der Waals surface area contributed by atoms with Crippen molar-refractivity contribution in [1.82, 2.24) is 14.7 Å². The molecule has 1 unspecified atom stereocenters. The molecule has 0 amide bonds. The van der Waals surface area contributed by atoms with E-state index in [4.69, 9.17) is 0 Å². The Kier molecular flexibility index (Phi) is 2.52. The first-order chi connectivity index (χ1) is 5.13. The van der Waals surface area contributed by atoms with Crippen molar-refractivity contribution in [2.24, 2.45) is 0 Å². The highest BCUT2D eigenvalue weighted by molar-refractivity contribution is 4.91. The van der Waals surface area contributed by atoms with Crippen LogP contribution in [0, 0.1) is 0 Å². The maximum Gasteiger partial charge on any atom is 0.138 e. The zero-order valence-corrected chi connectivity index (χ0v) is 7.78. The van der Waals surface area contributed by atoms with Crippen molar-refractivity contribution in [3.8, 4) is 0 Å². The summed E-state index contributed by atoms with van der Waals surface area (Å²) in [6.07, 6.45) is 4.70. The van der Waals surface area contributed by atoms with Crippen LogP contribution in [-0.4, -0.2) is 55.7 Å². The molecule has 1 heterocycles. The Morgan fingerprint density at radius 3 is 2.36 bits per heavy atom. The van der Waals surface area contributed by atoms with Crippen molar-refractivity contribution in [3.05, 3.63) is 12.3 Å². The van der Waals surface area contributed by atoms with E-state index in [1.54, 1.807) is 0 Å². The van der Waals surface area contributed by atoms with Crippen LogP contribution in [0.1, 0.15) is 0 Å². The molecule has 0 aromatic heterocycles. The highest BCUT2D eigenvalue weighted by Gasteiger charge is 2.21. The largest absolute Gasteiger partial charge is 0.353 e. The number of rotatable bonds is 1. The quantitative estimate of drug-likeness (QED) is 0.536. The molecule has 1 rings (SSSR count). The molecule has 0 spiro atoms. The summed E-state index contributed by atoms with van der Waals surface area (Å²) in [6, 6.07) is 0. The van der Waals surface area contributed by atoms with Gasteiger partial charge in [-0.25, -0.2) is 0 Å². The first-order valence-corrected chi connectivity index (χ1v) is 3.88. The van der Waals surface area contributed by atoms with E-state index >= 15 is 0 Å². The van der Waals surface area contributed by atoms with Gasteiger partial charge in [-0.05, 0) is 27.3 Å². The van der Waals surface area contributed by atoms with Crippen LogP contribution in [0.15, 0.2) is 12.3 Å². The Hall–Kier alpha value is -0.540. The molecule has 3 nitrogen and oxygen atoms in total. The second kappa shape index (κ2) is 3.24. The van der Waals surface area contributed by atoms with Gasteiger partial charge in [-0.15, -0.1) is 0 Å². The zero-order chi connectivity index (χ0) is 8.43. The third kappa shape index (κ3) is 1.73. The first-order valence-electron chi connectivity index (χ1n) is 3.88. The third-order valence-corrected chi connectivity index (χ3v) is 1.95. The van der Waals surface area contributed by atoms with E-state index in [1.807, 2.05) is 0 Å². The maximum absolute atomic E-state index is 2.29. The van der Waals surface area contributed by atoms with E-state index < -0.39 is 0 Å². The van der Waals surface area contributed by atoms with Crippen LogP contribution in [0.2, 0.25) is 0 Å². The van der Waals surface area contributed by atoms with Gasteiger partial charge in [0.2, 0.25) is 0 Å². The Morgan fingerprint density at radius 1 is 1.36 bits per heavy atom. The van der Waals surface area contributed by atoms with Gasteiger partial charge in [-0.2, -0.15) is 0 Å². The minimum Gasteiger partial charge on any atom is -0.353 e. The smallest absolute Gasteiger partial charge is 0.138 e. The van der Waals surface area contributed by atoms with Crippen molar-refractivity contribution >= 4 is 0 Å². The predicted octanol–water partition coefficient (Wildman–Crippen LogP) is 0.222. The monoisotopic (exact) mass is 155 g/mol. The fraction of sp³-hybridized carbons (Fsp3) is 0.750. The van der Waals surface area contributed by atoms with Gasteiger partial charge < -0.3 is 4.90 Å². The van der Waals surface area contributed by atoms with Crippen LogP contribution in [0.5, 0.6) is 0 Å². The van der Waals surface area contributed by atoms with Gasteiger partial charge in [0.15, 0.2) is 0 Å². The van der Waals surface area contributed by atoms with Crippen molar-refractivity contribution < 1.29 is 0 Å². The van der Waals surface area contributed by atoms with Gasteiger partial charge in [0.25, 0.3) is 0 Å².